The average molecular weight is 163 g/mol. The summed E-state index contributed by atoms with van der Waals surface area (Å²) in [5.74, 6) is 0. The molecule has 1 aliphatic rings. The lowest BCUT2D eigenvalue weighted by molar-refractivity contribution is 0.532. The molecule has 0 spiro atoms. The molecule has 2 heteroatoms. The van der Waals surface area contributed by atoms with E-state index in [0.717, 1.165) is 11.5 Å². The summed E-state index contributed by atoms with van der Waals surface area (Å²) < 4.78 is 0. The van der Waals surface area contributed by atoms with Gasteiger partial charge in [0.15, 0.2) is 0 Å². The van der Waals surface area contributed by atoms with Gasteiger partial charge in [0.05, 0.1) is 0 Å². The van der Waals surface area contributed by atoms with Crippen LogP contribution < -0.4 is 0 Å². The Hall–Kier alpha value is -0.890. The van der Waals surface area contributed by atoms with Crippen LogP contribution in [-0.2, 0) is 6.54 Å². The van der Waals surface area contributed by atoms with Crippen molar-refractivity contribution in [3.8, 4) is 0 Å². The van der Waals surface area contributed by atoms with Crippen LogP contribution in [0.5, 0.6) is 0 Å². The third kappa shape index (κ3) is 0.942. The molecule has 1 aromatic rings. The quantitative estimate of drug-likeness (QED) is 0.537. The number of hydrogen-bond acceptors (Lipinski definition) is 1. The van der Waals surface area contributed by atoms with Crippen molar-refractivity contribution in [3.05, 3.63) is 35.4 Å². The molecule has 11 heavy (non-hydrogen) atoms. The molecule has 0 fully saturated rings. The number of hydrogen-bond donors (Lipinski definition) is 0. The van der Waals surface area contributed by atoms with Crippen LogP contribution >= 0.6 is 12.2 Å². The van der Waals surface area contributed by atoms with Gasteiger partial charge in [-0.1, -0.05) is 36.5 Å². The Bertz CT molecular complexity index is 306. The fourth-order valence-corrected chi connectivity index (χ4v) is 1.66. The molecular formula is C9H9NS. The van der Waals surface area contributed by atoms with E-state index >= 15 is 0 Å². The van der Waals surface area contributed by atoms with Crippen LogP contribution in [0.2, 0.25) is 0 Å². The monoisotopic (exact) mass is 163 g/mol. The second kappa shape index (κ2) is 2.31. The smallest absolute Gasteiger partial charge is 0.109 e. The molecule has 56 valence electrons. The van der Waals surface area contributed by atoms with Crippen molar-refractivity contribution in [2.45, 2.75) is 6.54 Å². The molecule has 0 radical (unpaired) electrons. The molecule has 0 N–H and O–H groups in total. The highest BCUT2D eigenvalue weighted by Crippen LogP contribution is 2.20. The lowest BCUT2D eigenvalue weighted by Crippen LogP contribution is -2.16. The number of thiocarbonyl (C=S) groups is 1. The fourth-order valence-electron chi connectivity index (χ4n) is 1.40. The molecule has 0 bridgehead atoms. The molecule has 0 aliphatic carbocycles. The SMILES string of the molecule is CN1Cc2ccccc2C1=S. The van der Waals surface area contributed by atoms with E-state index in [2.05, 4.69) is 23.1 Å². The van der Waals surface area contributed by atoms with E-state index in [1.807, 2.05) is 13.1 Å². The second-order valence-corrected chi connectivity index (χ2v) is 3.21. The van der Waals surface area contributed by atoms with E-state index in [4.69, 9.17) is 12.2 Å². The predicted molar refractivity (Wildman–Crippen MR) is 49.6 cm³/mol. The third-order valence-corrected chi connectivity index (χ3v) is 2.53. The van der Waals surface area contributed by atoms with Crippen LogP contribution in [0.25, 0.3) is 0 Å². The van der Waals surface area contributed by atoms with Gasteiger partial charge in [-0.2, -0.15) is 0 Å². The van der Waals surface area contributed by atoms with E-state index in [9.17, 15) is 0 Å². The van der Waals surface area contributed by atoms with Gasteiger partial charge in [-0.15, -0.1) is 0 Å². The van der Waals surface area contributed by atoms with Crippen molar-refractivity contribution in [1.82, 2.24) is 4.90 Å². The van der Waals surface area contributed by atoms with Crippen molar-refractivity contribution >= 4 is 17.2 Å². The third-order valence-electron chi connectivity index (χ3n) is 2.00. The highest BCUT2D eigenvalue weighted by molar-refractivity contribution is 7.80. The largest absolute Gasteiger partial charge is 0.361 e. The highest BCUT2D eigenvalue weighted by atomic mass is 32.1. The predicted octanol–water partition coefficient (Wildman–Crippen LogP) is 1.81. The van der Waals surface area contributed by atoms with Crippen LogP contribution in [0.4, 0.5) is 0 Å². The molecule has 0 atom stereocenters. The summed E-state index contributed by atoms with van der Waals surface area (Å²) in [4.78, 5) is 3.07. The Morgan fingerprint density at radius 3 is 2.82 bits per heavy atom. The number of rotatable bonds is 0. The zero-order chi connectivity index (χ0) is 7.84. The minimum Gasteiger partial charge on any atom is -0.361 e. The zero-order valence-electron chi connectivity index (χ0n) is 6.37. The van der Waals surface area contributed by atoms with E-state index < -0.39 is 0 Å². The first kappa shape index (κ1) is 6.80. The Morgan fingerprint density at radius 2 is 2.09 bits per heavy atom. The standard InChI is InChI=1S/C9H9NS/c1-10-6-7-4-2-3-5-8(7)9(10)11/h2-5H,6H2,1H3. The molecule has 2 rings (SSSR count). The van der Waals surface area contributed by atoms with E-state index in [1.54, 1.807) is 0 Å². The summed E-state index contributed by atoms with van der Waals surface area (Å²) in [5, 5.41) is 0. The molecule has 0 aromatic heterocycles. The van der Waals surface area contributed by atoms with Crippen molar-refractivity contribution in [3.63, 3.8) is 0 Å². The van der Waals surface area contributed by atoms with Crippen molar-refractivity contribution in [2.24, 2.45) is 0 Å². The zero-order valence-corrected chi connectivity index (χ0v) is 7.19. The van der Waals surface area contributed by atoms with E-state index in [1.165, 1.54) is 11.1 Å². The Morgan fingerprint density at radius 1 is 1.36 bits per heavy atom. The molecule has 0 unspecified atom stereocenters. The molecular weight excluding hydrogens is 154 g/mol. The summed E-state index contributed by atoms with van der Waals surface area (Å²) in [6.45, 7) is 0.967. The molecule has 1 aliphatic heterocycles. The van der Waals surface area contributed by atoms with Gasteiger partial charge >= 0.3 is 0 Å². The minimum atomic E-state index is 0.967. The lowest BCUT2D eigenvalue weighted by atomic mass is 10.1. The molecule has 1 nitrogen and oxygen atoms in total. The van der Waals surface area contributed by atoms with Gasteiger partial charge in [0.1, 0.15) is 4.99 Å². The maximum Gasteiger partial charge on any atom is 0.109 e. The van der Waals surface area contributed by atoms with Gasteiger partial charge < -0.3 is 4.90 Å². The van der Waals surface area contributed by atoms with E-state index in [-0.39, 0.29) is 0 Å². The fraction of sp³-hybridized carbons (Fsp3) is 0.222. The molecule has 1 aromatic carbocycles. The van der Waals surface area contributed by atoms with Crippen LogP contribution in [-0.4, -0.2) is 16.9 Å². The van der Waals surface area contributed by atoms with Gasteiger partial charge in [0.2, 0.25) is 0 Å². The number of nitrogens with zero attached hydrogens (tertiary/aromatic N) is 1. The Labute approximate surface area is 71.6 Å². The summed E-state index contributed by atoms with van der Waals surface area (Å²) in [7, 11) is 2.03. The molecule has 0 saturated heterocycles. The molecule has 1 heterocycles. The topological polar surface area (TPSA) is 3.24 Å². The van der Waals surface area contributed by atoms with Gasteiger partial charge in [-0.25, -0.2) is 0 Å². The van der Waals surface area contributed by atoms with Gasteiger partial charge in [-0.3, -0.25) is 0 Å². The van der Waals surface area contributed by atoms with Crippen molar-refractivity contribution in [1.29, 1.82) is 0 Å². The van der Waals surface area contributed by atoms with Gasteiger partial charge in [0.25, 0.3) is 0 Å². The maximum atomic E-state index is 5.22. The average Bonchev–Trinajstić information content (AvgIpc) is 2.30. The summed E-state index contributed by atoms with van der Waals surface area (Å²) >= 11 is 5.22. The Kier molecular flexibility index (Phi) is 1.43. The van der Waals surface area contributed by atoms with Crippen molar-refractivity contribution < 1.29 is 0 Å². The number of benzene rings is 1. The second-order valence-electron chi connectivity index (χ2n) is 2.82. The Balaban J connectivity index is 2.55. The van der Waals surface area contributed by atoms with E-state index in [0.29, 0.717) is 0 Å². The maximum absolute atomic E-state index is 5.22. The normalized spacial score (nSPS) is 15.4. The number of fused-ring (bicyclic) bond motifs is 1. The lowest BCUT2D eigenvalue weighted by Gasteiger charge is -2.07. The first-order chi connectivity index (χ1) is 5.29. The van der Waals surface area contributed by atoms with Gasteiger partial charge in [0, 0.05) is 19.2 Å². The first-order valence-electron chi connectivity index (χ1n) is 3.62. The minimum absolute atomic E-state index is 0.967. The van der Waals surface area contributed by atoms with Crippen LogP contribution in [0.1, 0.15) is 11.1 Å². The van der Waals surface area contributed by atoms with Crippen LogP contribution in [0.3, 0.4) is 0 Å². The molecule has 0 saturated carbocycles. The van der Waals surface area contributed by atoms with Gasteiger partial charge in [-0.05, 0) is 5.56 Å². The summed E-state index contributed by atoms with van der Waals surface area (Å²) in [6.07, 6.45) is 0. The van der Waals surface area contributed by atoms with Crippen LogP contribution in [0, 0.1) is 0 Å². The summed E-state index contributed by atoms with van der Waals surface area (Å²) in [5.41, 5.74) is 2.57. The van der Waals surface area contributed by atoms with Crippen molar-refractivity contribution in [2.75, 3.05) is 7.05 Å². The molecule has 0 amide bonds. The summed E-state index contributed by atoms with van der Waals surface area (Å²) in [6, 6.07) is 8.30. The van der Waals surface area contributed by atoms with Crippen LogP contribution in [0.15, 0.2) is 24.3 Å². The first-order valence-corrected chi connectivity index (χ1v) is 4.03. The highest BCUT2D eigenvalue weighted by Gasteiger charge is 2.18.